The molecule has 1 saturated heterocycles. The molecule has 0 bridgehead atoms. The van der Waals surface area contributed by atoms with E-state index in [9.17, 15) is 22.8 Å². The van der Waals surface area contributed by atoms with E-state index in [4.69, 9.17) is 34.8 Å². The second-order valence-electron chi connectivity index (χ2n) is 8.01. The second kappa shape index (κ2) is 11.3. The Bertz CT molecular complexity index is 1350. The Morgan fingerprint density at radius 1 is 1.00 bits per heavy atom. The highest BCUT2D eigenvalue weighted by atomic mass is 35.5. The maximum atomic E-state index is 13.2. The monoisotopic (exact) mass is 585 g/mol. The topological polar surface area (TPSA) is 61.8 Å². The quantitative estimate of drug-likeness (QED) is 0.332. The van der Waals surface area contributed by atoms with Gasteiger partial charge in [0.1, 0.15) is 5.25 Å². The summed E-state index contributed by atoms with van der Waals surface area (Å²) in [6.45, 7) is 0.0963. The molecular weight excluding hydrogens is 570 g/mol. The van der Waals surface area contributed by atoms with Crippen LogP contribution < -0.4 is 5.32 Å². The average molecular weight is 587 g/mol. The zero-order valence-corrected chi connectivity index (χ0v) is 21.8. The van der Waals surface area contributed by atoms with Crippen molar-refractivity contribution in [3.63, 3.8) is 0 Å². The number of carbonyl (C=O) groups is 2. The van der Waals surface area contributed by atoms with E-state index in [0.29, 0.717) is 20.8 Å². The lowest BCUT2D eigenvalue weighted by Gasteiger charge is -2.32. The molecule has 1 unspecified atom stereocenters. The van der Waals surface area contributed by atoms with E-state index in [1.165, 1.54) is 35.2 Å². The lowest BCUT2D eigenvalue weighted by atomic mass is 10.2. The van der Waals surface area contributed by atoms with E-state index < -0.39 is 28.8 Å². The zero-order chi connectivity index (χ0) is 26.7. The molecule has 37 heavy (non-hydrogen) atoms. The lowest BCUT2D eigenvalue weighted by Crippen LogP contribution is -2.44. The summed E-state index contributed by atoms with van der Waals surface area (Å²) in [5.74, 6) is -0.914. The van der Waals surface area contributed by atoms with Gasteiger partial charge in [-0.3, -0.25) is 14.5 Å². The van der Waals surface area contributed by atoms with Gasteiger partial charge in [-0.1, -0.05) is 64.8 Å². The summed E-state index contributed by atoms with van der Waals surface area (Å²) >= 11 is 18.9. The minimum atomic E-state index is -4.56. The summed E-state index contributed by atoms with van der Waals surface area (Å²) in [5.41, 5.74) is 0.189. The fourth-order valence-electron chi connectivity index (χ4n) is 3.48. The Kier molecular flexibility index (Phi) is 8.38. The Morgan fingerprint density at radius 2 is 1.68 bits per heavy atom. The molecule has 5 nitrogen and oxygen atoms in total. The van der Waals surface area contributed by atoms with Gasteiger partial charge >= 0.3 is 6.18 Å². The molecule has 3 aromatic rings. The van der Waals surface area contributed by atoms with E-state index >= 15 is 0 Å². The van der Waals surface area contributed by atoms with Gasteiger partial charge in [-0.2, -0.15) is 13.2 Å². The molecular formula is C25H17Cl3F3N3O2S. The standard InChI is InChI=1S/C25H17Cl3F3N3O2S/c26-16-6-4-14(5-7-16)13-34-22(35)12-21(23(36)32-20-10-17(27)9-18(28)11-20)37-24(34)33-19-3-1-2-15(8-19)25(29,30)31/h1-11,21H,12-13H2,(H,32,36). The number of hydrogen-bond acceptors (Lipinski definition) is 4. The Labute approximate surface area is 229 Å². The number of amides is 2. The van der Waals surface area contributed by atoms with Crippen LogP contribution in [0.2, 0.25) is 15.1 Å². The number of alkyl halides is 3. The Morgan fingerprint density at radius 3 is 2.32 bits per heavy atom. The van der Waals surface area contributed by atoms with Crippen molar-refractivity contribution in [1.82, 2.24) is 4.90 Å². The number of hydrogen-bond donors (Lipinski definition) is 1. The van der Waals surface area contributed by atoms with Crippen molar-refractivity contribution in [2.75, 3.05) is 5.32 Å². The molecule has 0 saturated carbocycles. The number of nitrogens with one attached hydrogen (secondary N) is 1. The van der Waals surface area contributed by atoms with Gasteiger partial charge in [-0.15, -0.1) is 0 Å². The van der Waals surface area contributed by atoms with Crippen LogP contribution in [-0.2, 0) is 22.3 Å². The fraction of sp³-hybridized carbons (Fsp3) is 0.160. The van der Waals surface area contributed by atoms with E-state index in [0.717, 1.165) is 29.5 Å². The van der Waals surface area contributed by atoms with Gasteiger partial charge < -0.3 is 5.32 Å². The van der Waals surface area contributed by atoms with E-state index in [1.807, 2.05) is 0 Å². The van der Waals surface area contributed by atoms with E-state index in [2.05, 4.69) is 10.3 Å². The molecule has 0 aliphatic carbocycles. The number of nitrogens with zero attached hydrogens (tertiary/aromatic N) is 2. The molecule has 1 atom stereocenters. The SMILES string of the molecule is O=C(Nc1cc(Cl)cc(Cl)c1)C1CC(=O)N(Cc2ccc(Cl)cc2)C(=Nc2cccc(C(F)(F)F)c2)S1. The third-order valence-electron chi connectivity index (χ3n) is 5.21. The van der Waals surface area contributed by atoms with Crippen molar-refractivity contribution in [2.45, 2.75) is 24.4 Å². The number of halogens is 6. The number of aliphatic imine (C=N–C) groups is 1. The Balaban J connectivity index is 1.65. The van der Waals surface area contributed by atoms with Crippen molar-refractivity contribution in [1.29, 1.82) is 0 Å². The first-order valence-corrected chi connectivity index (χ1v) is 12.7. The predicted octanol–water partition coefficient (Wildman–Crippen LogP) is 7.83. The smallest absolute Gasteiger partial charge is 0.325 e. The molecule has 1 heterocycles. The fourth-order valence-corrected chi connectivity index (χ4v) is 5.23. The summed E-state index contributed by atoms with van der Waals surface area (Å²) < 4.78 is 39.7. The third-order valence-corrected chi connectivity index (χ3v) is 7.09. The summed E-state index contributed by atoms with van der Waals surface area (Å²) in [4.78, 5) is 31.9. The van der Waals surface area contributed by atoms with Crippen LogP contribution in [0.15, 0.2) is 71.7 Å². The maximum Gasteiger partial charge on any atom is 0.416 e. The third kappa shape index (κ3) is 7.19. The minimum Gasteiger partial charge on any atom is -0.325 e. The number of rotatable bonds is 5. The van der Waals surface area contributed by atoms with Crippen LogP contribution in [0.4, 0.5) is 24.5 Å². The highest BCUT2D eigenvalue weighted by Crippen LogP contribution is 2.34. The van der Waals surface area contributed by atoms with Crippen LogP contribution in [0, 0.1) is 0 Å². The van der Waals surface area contributed by atoms with E-state index in [1.54, 1.807) is 24.3 Å². The molecule has 3 aromatic carbocycles. The highest BCUT2D eigenvalue weighted by Gasteiger charge is 2.36. The average Bonchev–Trinajstić information content (AvgIpc) is 2.81. The summed E-state index contributed by atoms with van der Waals surface area (Å²) in [7, 11) is 0. The Hall–Kier alpha value is -2.72. The number of benzene rings is 3. The molecule has 1 N–H and O–H groups in total. The van der Waals surface area contributed by atoms with Crippen LogP contribution in [0.1, 0.15) is 17.5 Å². The summed E-state index contributed by atoms with van der Waals surface area (Å²) in [6, 6.07) is 15.7. The van der Waals surface area contributed by atoms with Crippen LogP contribution in [-0.4, -0.2) is 27.1 Å². The molecule has 1 fully saturated rings. The molecule has 4 rings (SSSR count). The minimum absolute atomic E-state index is 0.00564. The van der Waals surface area contributed by atoms with Crippen molar-refractivity contribution in [3.05, 3.63) is 92.9 Å². The van der Waals surface area contributed by atoms with E-state index in [-0.39, 0.29) is 23.8 Å². The second-order valence-corrected chi connectivity index (χ2v) is 10.5. The van der Waals surface area contributed by atoms with Crippen LogP contribution in [0.25, 0.3) is 0 Å². The number of anilines is 1. The first kappa shape index (κ1) is 27.3. The number of amidine groups is 1. The molecule has 12 heteroatoms. The molecule has 0 aromatic heterocycles. The van der Waals surface area contributed by atoms with Gasteiger partial charge in [0.2, 0.25) is 11.8 Å². The lowest BCUT2D eigenvalue weighted by molar-refractivity contribution is -0.137. The van der Waals surface area contributed by atoms with Gasteiger partial charge in [0, 0.05) is 27.2 Å². The van der Waals surface area contributed by atoms with Crippen molar-refractivity contribution < 1.29 is 22.8 Å². The van der Waals surface area contributed by atoms with Crippen LogP contribution >= 0.6 is 46.6 Å². The maximum absolute atomic E-state index is 13.2. The molecule has 1 aliphatic heterocycles. The summed E-state index contributed by atoms with van der Waals surface area (Å²) in [6.07, 6.45) is -4.71. The van der Waals surface area contributed by atoms with Crippen molar-refractivity contribution in [2.24, 2.45) is 4.99 Å². The number of thioether (sulfide) groups is 1. The van der Waals surface area contributed by atoms with Crippen molar-refractivity contribution in [3.8, 4) is 0 Å². The van der Waals surface area contributed by atoms with Gasteiger partial charge in [-0.25, -0.2) is 4.99 Å². The molecule has 192 valence electrons. The summed E-state index contributed by atoms with van der Waals surface area (Å²) in [5, 5.41) is 3.02. The molecule has 1 aliphatic rings. The van der Waals surface area contributed by atoms with Crippen LogP contribution in [0.3, 0.4) is 0 Å². The normalized spacial score (nSPS) is 17.2. The largest absolute Gasteiger partial charge is 0.416 e. The molecule has 0 spiro atoms. The van der Waals surface area contributed by atoms with Gasteiger partial charge in [0.05, 0.1) is 17.8 Å². The van der Waals surface area contributed by atoms with Gasteiger partial charge in [0.25, 0.3) is 0 Å². The molecule has 2 amide bonds. The van der Waals surface area contributed by atoms with Crippen LogP contribution in [0.5, 0.6) is 0 Å². The van der Waals surface area contributed by atoms with Gasteiger partial charge in [-0.05, 0) is 54.1 Å². The highest BCUT2D eigenvalue weighted by molar-refractivity contribution is 8.15. The first-order chi connectivity index (χ1) is 17.5. The molecule has 0 radical (unpaired) electrons. The first-order valence-electron chi connectivity index (χ1n) is 10.7. The van der Waals surface area contributed by atoms with Crippen molar-refractivity contribution >= 4 is 74.9 Å². The zero-order valence-electron chi connectivity index (χ0n) is 18.7. The number of carbonyl (C=O) groups excluding carboxylic acids is 2. The predicted molar refractivity (Wildman–Crippen MR) is 142 cm³/mol. The van der Waals surface area contributed by atoms with Gasteiger partial charge in [0.15, 0.2) is 5.17 Å².